The molecule has 0 unspecified atom stereocenters. The molecule has 1 aliphatic carbocycles. The molecule has 0 N–H and O–H groups in total. The minimum Gasteiger partial charge on any atom is -0.457 e. The highest BCUT2D eigenvalue weighted by atomic mass is 16.3. The minimum absolute atomic E-state index is 0.943. The molecule has 0 amide bonds. The summed E-state index contributed by atoms with van der Waals surface area (Å²) in [6, 6.07) is 26.9. The van der Waals surface area contributed by atoms with Crippen LogP contribution >= 0.6 is 0 Å². The second kappa shape index (κ2) is 5.61. The predicted octanol–water partition coefficient (Wildman–Crippen LogP) is 7.88. The van der Waals surface area contributed by atoms with Crippen LogP contribution in [0.25, 0.3) is 54.6 Å². The molecule has 138 valence electrons. The minimum atomic E-state index is 0.943. The number of aryl methyl sites for hydroxylation is 2. The Balaban J connectivity index is 1.55. The molecule has 0 radical (unpaired) electrons. The summed E-state index contributed by atoms with van der Waals surface area (Å²) in [5.41, 5.74) is 7.62. The molecule has 0 atom stereocenters. The van der Waals surface area contributed by atoms with Gasteiger partial charge in [0.15, 0.2) is 0 Å². The third kappa shape index (κ3) is 2.10. The Morgan fingerprint density at radius 2 is 1.31 bits per heavy atom. The standard InChI is InChI=1S/C28H20O/c1-2-5-19-17(4-1)8-10-23-20-6-3-7-21(24(20)13-12-22(19)23)25-14-15-28-27-16-18(29-28)9-11-26(25)27/h3,6-16H,1-2,4-5H2. The van der Waals surface area contributed by atoms with E-state index in [0.29, 0.717) is 0 Å². The maximum atomic E-state index is 5.87. The molecule has 1 aliphatic rings. The third-order valence-corrected chi connectivity index (χ3v) is 6.86. The zero-order valence-electron chi connectivity index (χ0n) is 16.2. The normalized spacial score (nSPS) is 14.3. The van der Waals surface area contributed by atoms with Crippen LogP contribution in [0, 0.1) is 0 Å². The van der Waals surface area contributed by atoms with Gasteiger partial charge < -0.3 is 4.42 Å². The quantitative estimate of drug-likeness (QED) is 0.268. The van der Waals surface area contributed by atoms with Gasteiger partial charge in [-0.3, -0.25) is 0 Å². The van der Waals surface area contributed by atoms with Crippen molar-refractivity contribution in [1.82, 2.24) is 0 Å². The molecule has 0 aliphatic heterocycles. The third-order valence-electron chi connectivity index (χ3n) is 6.86. The molecule has 1 aromatic heterocycles. The van der Waals surface area contributed by atoms with E-state index in [1.165, 1.54) is 69.1 Å². The first-order chi connectivity index (χ1) is 14.4. The van der Waals surface area contributed by atoms with E-state index in [1.54, 1.807) is 11.1 Å². The maximum absolute atomic E-state index is 5.87. The van der Waals surface area contributed by atoms with Crippen molar-refractivity contribution in [3.63, 3.8) is 0 Å². The topological polar surface area (TPSA) is 13.1 Å². The SMILES string of the molecule is c1cc(-c2ccc3oc4ccc2c3c4)c2ccc3c4c(ccc3c2c1)CCCC4. The van der Waals surface area contributed by atoms with E-state index in [1.807, 2.05) is 0 Å². The van der Waals surface area contributed by atoms with Gasteiger partial charge >= 0.3 is 0 Å². The summed E-state index contributed by atoms with van der Waals surface area (Å²) < 4.78 is 5.87. The van der Waals surface area contributed by atoms with Crippen LogP contribution in [0.3, 0.4) is 0 Å². The average molecular weight is 372 g/mol. The predicted molar refractivity (Wildman–Crippen MR) is 122 cm³/mol. The number of hydrogen-bond donors (Lipinski definition) is 0. The van der Waals surface area contributed by atoms with Crippen LogP contribution in [0.1, 0.15) is 24.0 Å². The Kier molecular flexibility index (Phi) is 3.01. The fraction of sp³-hybridized carbons (Fsp3) is 0.143. The lowest BCUT2D eigenvalue weighted by Gasteiger charge is -2.19. The summed E-state index contributed by atoms with van der Waals surface area (Å²) in [5.74, 6) is 0. The molecule has 1 nitrogen and oxygen atoms in total. The lowest BCUT2D eigenvalue weighted by atomic mass is 9.85. The first-order valence-electron chi connectivity index (χ1n) is 10.6. The summed E-state index contributed by atoms with van der Waals surface area (Å²) >= 11 is 0. The van der Waals surface area contributed by atoms with Gasteiger partial charge in [0.2, 0.25) is 0 Å². The van der Waals surface area contributed by atoms with E-state index < -0.39 is 0 Å². The Bertz CT molecular complexity index is 1550. The molecular weight excluding hydrogens is 352 g/mol. The lowest BCUT2D eigenvalue weighted by molar-refractivity contribution is 0.668. The molecule has 6 aromatic rings. The van der Waals surface area contributed by atoms with E-state index in [2.05, 4.69) is 72.8 Å². The molecule has 0 fully saturated rings. The summed E-state index contributed by atoms with van der Waals surface area (Å²) in [5, 5.41) is 8.00. The van der Waals surface area contributed by atoms with E-state index >= 15 is 0 Å². The monoisotopic (exact) mass is 372 g/mol. The van der Waals surface area contributed by atoms with Gasteiger partial charge in [-0.2, -0.15) is 0 Å². The van der Waals surface area contributed by atoms with Gasteiger partial charge in [-0.15, -0.1) is 0 Å². The molecule has 5 aromatic carbocycles. The Morgan fingerprint density at radius 1 is 0.552 bits per heavy atom. The van der Waals surface area contributed by atoms with E-state index in [4.69, 9.17) is 4.42 Å². The zero-order chi connectivity index (χ0) is 18.9. The van der Waals surface area contributed by atoms with Crippen LogP contribution in [0.2, 0.25) is 0 Å². The van der Waals surface area contributed by atoms with Crippen LogP contribution in [0.5, 0.6) is 0 Å². The van der Waals surface area contributed by atoms with E-state index in [-0.39, 0.29) is 0 Å². The van der Waals surface area contributed by atoms with Crippen LogP contribution in [0.15, 0.2) is 77.2 Å². The van der Waals surface area contributed by atoms with Crippen molar-refractivity contribution in [2.75, 3.05) is 0 Å². The van der Waals surface area contributed by atoms with Crippen molar-refractivity contribution in [3.05, 3.63) is 83.9 Å². The Hall–Kier alpha value is -3.32. The summed E-state index contributed by atoms with van der Waals surface area (Å²) in [7, 11) is 0. The summed E-state index contributed by atoms with van der Waals surface area (Å²) in [6.07, 6.45) is 5.08. The van der Waals surface area contributed by atoms with Crippen molar-refractivity contribution in [2.45, 2.75) is 25.7 Å². The Morgan fingerprint density at radius 3 is 2.31 bits per heavy atom. The van der Waals surface area contributed by atoms with Gasteiger partial charge in [-0.05, 0) is 99.1 Å². The van der Waals surface area contributed by atoms with E-state index in [0.717, 1.165) is 11.2 Å². The van der Waals surface area contributed by atoms with Crippen LogP contribution < -0.4 is 0 Å². The number of rotatable bonds is 1. The first-order valence-corrected chi connectivity index (χ1v) is 10.6. The molecule has 2 bridgehead atoms. The van der Waals surface area contributed by atoms with Crippen molar-refractivity contribution >= 4 is 43.5 Å². The first kappa shape index (κ1) is 15.6. The van der Waals surface area contributed by atoms with Crippen LogP contribution in [0.4, 0.5) is 0 Å². The molecule has 1 heterocycles. The molecular formula is C28H20O. The van der Waals surface area contributed by atoms with Gasteiger partial charge in [-0.1, -0.05) is 48.5 Å². The van der Waals surface area contributed by atoms with Crippen molar-refractivity contribution in [2.24, 2.45) is 0 Å². The lowest BCUT2D eigenvalue weighted by Crippen LogP contribution is -2.03. The van der Waals surface area contributed by atoms with Crippen LogP contribution in [-0.4, -0.2) is 0 Å². The molecule has 29 heavy (non-hydrogen) atoms. The van der Waals surface area contributed by atoms with Gasteiger partial charge in [-0.25, -0.2) is 0 Å². The number of furan rings is 1. The number of benzene rings is 5. The summed E-state index contributed by atoms with van der Waals surface area (Å²) in [6.45, 7) is 0. The largest absolute Gasteiger partial charge is 0.457 e. The maximum Gasteiger partial charge on any atom is 0.135 e. The highest BCUT2D eigenvalue weighted by Crippen LogP contribution is 2.40. The molecule has 7 rings (SSSR count). The molecule has 0 saturated heterocycles. The van der Waals surface area contributed by atoms with E-state index in [9.17, 15) is 0 Å². The van der Waals surface area contributed by atoms with Gasteiger partial charge in [0.25, 0.3) is 0 Å². The summed E-state index contributed by atoms with van der Waals surface area (Å²) in [4.78, 5) is 0. The van der Waals surface area contributed by atoms with Gasteiger partial charge in [0, 0.05) is 5.39 Å². The molecule has 0 spiro atoms. The van der Waals surface area contributed by atoms with Crippen molar-refractivity contribution in [1.29, 1.82) is 0 Å². The van der Waals surface area contributed by atoms with Gasteiger partial charge in [0.1, 0.15) is 11.2 Å². The zero-order valence-corrected chi connectivity index (χ0v) is 16.2. The highest BCUT2D eigenvalue weighted by molar-refractivity contribution is 6.16. The smallest absolute Gasteiger partial charge is 0.135 e. The fourth-order valence-electron chi connectivity index (χ4n) is 5.48. The molecule has 0 saturated carbocycles. The second-order valence-corrected chi connectivity index (χ2v) is 8.39. The second-order valence-electron chi connectivity index (χ2n) is 8.39. The number of hydrogen-bond acceptors (Lipinski definition) is 1. The van der Waals surface area contributed by atoms with Gasteiger partial charge in [0.05, 0.1) is 0 Å². The highest BCUT2D eigenvalue weighted by Gasteiger charge is 2.16. The fourth-order valence-corrected chi connectivity index (χ4v) is 5.48. The van der Waals surface area contributed by atoms with Crippen molar-refractivity contribution < 1.29 is 4.42 Å². The Labute approximate surface area is 168 Å². The van der Waals surface area contributed by atoms with Crippen LogP contribution in [-0.2, 0) is 12.8 Å². The number of fused-ring (bicyclic) bond motifs is 6. The molecule has 1 heteroatoms. The van der Waals surface area contributed by atoms with Crippen molar-refractivity contribution in [3.8, 4) is 11.1 Å². The average Bonchev–Trinajstić information content (AvgIpc) is 3.16.